The van der Waals surface area contributed by atoms with Crippen LogP contribution in [0.4, 0.5) is 0 Å². The Morgan fingerprint density at radius 3 is 1.92 bits per heavy atom. The van der Waals surface area contributed by atoms with Crippen molar-refractivity contribution in [3.05, 3.63) is 29.9 Å². The first-order valence-electron chi connectivity index (χ1n) is 9.89. The second kappa shape index (κ2) is 14.7. The van der Waals surface area contributed by atoms with Gasteiger partial charge >= 0.3 is 0 Å². The van der Waals surface area contributed by atoms with Crippen LogP contribution in [0.25, 0.3) is 0 Å². The van der Waals surface area contributed by atoms with E-state index in [1.54, 1.807) is 0 Å². The highest BCUT2D eigenvalue weighted by Gasteiger charge is 2.06. The third-order valence-electron chi connectivity index (χ3n) is 4.96. The van der Waals surface area contributed by atoms with Gasteiger partial charge in [0.25, 0.3) is 0 Å². The molecular weight excluding hydrogens is 360 g/mol. The zero-order chi connectivity index (χ0) is 16.9. The lowest BCUT2D eigenvalue weighted by molar-refractivity contribution is 0.389. The van der Waals surface area contributed by atoms with Crippen LogP contribution in [0.3, 0.4) is 0 Å². The normalized spacial score (nSPS) is 13.2. The van der Waals surface area contributed by atoms with Gasteiger partial charge in [-0.3, -0.25) is 4.99 Å². The molecule has 24 heavy (non-hydrogen) atoms. The van der Waals surface area contributed by atoms with E-state index in [0.29, 0.717) is 0 Å². The van der Waals surface area contributed by atoms with Crippen LogP contribution in [0, 0.1) is 11.8 Å². The molecule has 2 atom stereocenters. The van der Waals surface area contributed by atoms with Crippen LogP contribution in [0.5, 0.6) is 0 Å². The topological polar surface area (TPSA) is 17.3 Å². The molecule has 1 rings (SSSR count). The first-order chi connectivity index (χ1) is 11.2. The number of hydrogen-bond donors (Lipinski definition) is 0. The van der Waals surface area contributed by atoms with Gasteiger partial charge in [-0.05, 0) is 36.8 Å². The summed E-state index contributed by atoms with van der Waals surface area (Å²) in [4.78, 5) is 4.81. The zero-order valence-corrected chi connectivity index (χ0v) is 18.1. The lowest BCUT2D eigenvalue weighted by atomic mass is 9.99. The van der Waals surface area contributed by atoms with Gasteiger partial charge in [-0.15, -0.1) is 17.0 Å². The van der Waals surface area contributed by atoms with Gasteiger partial charge in [-0.1, -0.05) is 66.2 Å². The van der Waals surface area contributed by atoms with Gasteiger partial charge in [0.05, 0.1) is 5.36 Å². The minimum atomic E-state index is 0. The molecule has 1 aromatic heterocycles. The summed E-state index contributed by atoms with van der Waals surface area (Å²) in [7, 11) is 0. The van der Waals surface area contributed by atoms with Crippen LogP contribution in [0.2, 0.25) is 0 Å². The maximum Gasteiger partial charge on any atom is 0.0603 e. The van der Waals surface area contributed by atoms with E-state index in [2.05, 4.69) is 56.8 Å². The highest BCUT2D eigenvalue weighted by atomic mass is 79.9. The van der Waals surface area contributed by atoms with Crippen molar-refractivity contribution in [3.8, 4) is 0 Å². The molecule has 3 heteroatoms. The van der Waals surface area contributed by atoms with Crippen molar-refractivity contribution in [3.63, 3.8) is 0 Å². The second-order valence-electron chi connectivity index (χ2n) is 6.93. The molecule has 0 bridgehead atoms. The molecule has 0 aliphatic carbocycles. The molecule has 0 saturated carbocycles. The number of rotatable bonds is 12. The van der Waals surface area contributed by atoms with Crippen molar-refractivity contribution in [2.24, 2.45) is 16.8 Å². The van der Waals surface area contributed by atoms with Gasteiger partial charge in [0.2, 0.25) is 0 Å². The number of pyridine rings is 1. The summed E-state index contributed by atoms with van der Waals surface area (Å²) in [6, 6.07) is 4.36. The number of unbranched alkanes of at least 4 members (excludes halogenated alkanes) is 2. The van der Waals surface area contributed by atoms with E-state index in [4.69, 9.17) is 4.99 Å². The van der Waals surface area contributed by atoms with Crippen molar-refractivity contribution in [2.45, 2.75) is 85.6 Å². The Balaban J connectivity index is 0.00000529. The summed E-state index contributed by atoms with van der Waals surface area (Å²) in [5.74, 6) is 1.56. The van der Waals surface area contributed by atoms with Crippen LogP contribution >= 0.6 is 17.0 Å². The third kappa shape index (κ3) is 9.66. The van der Waals surface area contributed by atoms with E-state index in [1.165, 1.54) is 51.4 Å². The highest BCUT2D eigenvalue weighted by Crippen LogP contribution is 2.15. The van der Waals surface area contributed by atoms with Crippen LogP contribution < -0.4 is 5.36 Å². The first kappa shape index (κ1) is 23.4. The fourth-order valence-corrected chi connectivity index (χ4v) is 3.04. The number of hydrogen-bond acceptors (Lipinski definition) is 1. The molecule has 2 nitrogen and oxygen atoms in total. The van der Waals surface area contributed by atoms with E-state index in [-0.39, 0.29) is 17.0 Å². The van der Waals surface area contributed by atoms with Gasteiger partial charge in [-0.2, -0.15) is 0 Å². The molecular formula is C21H39BrN2. The second-order valence-corrected chi connectivity index (χ2v) is 6.93. The van der Waals surface area contributed by atoms with E-state index in [0.717, 1.165) is 30.3 Å². The fraction of sp³-hybridized carbons (Fsp3) is 0.762. The summed E-state index contributed by atoms with van der Waals surface area (Å²) in [5.41, 5.74) is 0. The fourth-order valence-electron chi connectivity index (χ4n) is 3.04. The maximum absolute atomic E-state index is 4.81. The summed E-state index contributed by atoms with van der Waals surface area (Å²) >= 11 is 0. The molecule has 1 aromatic rings. The molecule has 0 radical (unpaired) electrons. The Kier molecular flexibility index (Phi) is 14.4. The summed E-state index contributed by atoms with van der Waals surface area (Å²) in [6.07, 6.45) is 14.9. The van der Waals surface area contributed by atoms with Crippen LogP contribution in [0.1, 0.15) is 79.1 Å². The van der Waals surface area contributed by atoms with E-state index < -0.39 is 0 Å². The number of aromatic nitrogens is 1. The lowest BCUT2D eigenvalue weighted by Crippen LogP contribution is -2.13. The molecule has 0 aliphatic rings. The van der Waals surface area contributed by atoms with Crippen molar-refractivity contribution in [2.75, 3.05) is 6.54 Å². The van der Waals surface area contributed by atoms with Crippen molar-refractivity contribution in [1.82, 2.24) is 4.57 Å². The Labute approximate surface area is 160 Å². The molecule has 140 valence electrons. The Bertz CT molecular complexity index is 447. The Morgan fingerprint density at radius 2 is 1.42 bits per heavy atom. The van der Waals surface area contributed by atoms with Crippen LogP contribution in [0.15, 0.2) is 29.5 Å². The van der Waals surface area contributed by atoms with Crippen LogP contribution in [-0.4, -0.2) is 11.1 Å². The summed E-state index contributed by atoms with van der Waals surface area (Å²) < 4.78 is 2.33. The van der Waals surface area contributed by atoms with E-state index in [9.17, 15) is 0 Å². The Morgan fingerprint density at radius 1 is 0.875 bits per heavy atom. The minimum absolute atomic E-state index is 0. The number of halogens is 1. The lowest BCUT2D eigenvalue weighted by Gasteiger charge is -2.16. The predicted octanol–water partition coefficient (Wildman–Crippen LogP) is 6.40. The van der Waals surface area contributed by atoms with Crippen LogP contribution in [-0.2, 0) is 6.54 Å². The van der Waals surface area contributed by atoms with Gasteiger partial charge in [0.15, 0.2) is 0 Å². The minimum Gasteiger partial charge on any atom is -0.354 e. The maximum atomic E-state index is 4.81. The van der Waals surface area contributed by atoms with Crippen molar-refractivity contribution < 1.29 is 0 Å². The molecule has 0 aromatic carbocycles. The molecule has 2 unspecified atom stereocenters. The molecule has 0 spiro atoms. The van der Waals surface area contributed by atoms with E-state index in [1.807, 2.05) is 0 Å². The molecule has 0 N–H and O–H groups in total. The zero-order valence-electron chi connectivity index (χ0n) is 16.3. The first-order valence-corrected chi connectivity index (χ1v) is 9.89. The average Bonchev–Trinajstić information content (AvgIpc) is 2.60. The SMILES string of the molecule is Br.CCCCC(CC)CN=c1ccn(CC(CC)CCCC)cc1. The monoisotopic (exact) mass is 398 g/mol. The summed E-state index contributed by atoms with van der Waals surface area (Å²) in [5, 5.41) is 1.14. The van der Waals surface area contributed by atoms with Gasteiger partial charge in [0.1, 0.15) is 0 Å². The quantitative estimate of drug-likeness (QED) is 0.387. The molecule has 0 fully saturated rings. The van der Waals surface area contributed by atoms with Crippen molar-refractivity contribution >= 4 is 17.0 Å². The van der Waals surface area contributed by atoms with Gasteiger partial charge in [-0.25, -0.2) is 0 Å². The Hall–Kier alpha value is -0.570. The largest absolute Gasteiger partial charge is 0.354 e. The van der Waals surface area contributed by atoms with Gasteiger partial charge in [0, 0.05) is 25.5 Å². The van der Waals surface area contributed by atoms with Gasteiger partial charge < -0.3 is 4.57 Å². The third-order valence-corrected chi connectivity index (χ3v) is 4.96. The summed E-state index contributed by atoms with van der Waals surface area (Å²) in [6.45, 7) is 11.3. The molecule has 0 saturated heterocycles. The van der Waals surface area contributed by atoms with Crippen molar-refractivity contribution in [1.29, 1.82) is 0 Å². The van der Waals surface area contributed by atoms with E-state index >= 15 is 0 Å². The smallest absolute Gasteiger partial charge is 0.0603 e. The number of nitrogens with zero attached hydrogens (tertiary/aromatic N) is 2. The average molecular weight is 399 g/mol. The standard InChI is InChI=1S/C21H38N2.BrH/c1-5-9-11-19(7-3)17-22-21-13-15-23(16-14-21)18-20(8-4)12-10-6-2;/h13-16,19-20H,5-12,17-18H2,1-4H3;1H. The molecule has 0 amide bonds. The molecule has 1 heterocycles. The highest BCUT2D eigenvalue weighted by molar-refractivity contribution is 8.93. The molecule has 0 aliphatic heterocycles. The predicted molar refractivity (Wildman–Crippen MR) is 112 cm³/mol.